The molecule has 0 aliphatic rings. The van der Waals surface area contributed by atoms with E-state index < -0.39 is 0 Å². The smallest absolute Gasteiger partial charge is 0.143 e. The molecular formula is C42H26O. The Morgan fingerprint density at radius 2 is 0.814 bits per heavy atom. The summed E-state index contributed by atoms with van der Waals surface area (Å²) in [6.45, 7) is 0. The second-order valence-electron chi connectivity index (χ2n) is 11.3. The van der Waals surface area contributed by atoms with Gasteiger partial charge in [-0.15, -0.1) is 0 Å². The van der Waals surface area contributed by atoms with Crippen LogP contribution in [-0.2, 0) is 0 Å². The van der Waals surface area contributed by atoms with Gasteiger partial charge < -0.3 is 4.42 Å². The van der Waals surface area contributed by atoms with Gasteiger partial charge in [0.1, 0.15) is 11.2 Å². The Bertz CT molecular complexity index is 2420. The molecule has 9 rings (SSSR count). The van der Waals surface area contributed by atoms with E-state index in [-0.39, 0.29) is 0 Å². The standard InChI is InChI=1S/C42H26O/c1-2-10-27(11-3-1)28-18-20-30(21-19-28)40-33-14-6-8-16-35(33)41(36-17-9-7-15-34(36)40)31-23-25-39-38(26-31)37-24-22-29-12-4-5-13-32(29)42(37)43-39/h1-26H. The van der Waals surface area contributed by atoms with Crippen LogP contribution in [0.5, 0.6) is 0 Å². The average molecular weight is 547 g/mol. The Morgan fingerprint density at radius 3 is 1.49 bits per heavy atom. The molecule has 0 fully saturated rings. The van der Waals surface area contributed by atoms with Crippen LogP contribution in [-0.4, -0.2) is 0 Å². The van der Waals surface area contributed by atoms with Gasteiger partial charge in [0.25, 0.3) is 0 Å². The monoisotopic (exact) mass is 546 g/mol. The Labute approximate surface area is 249 Å². The molecule has 0 aliphatic carbocycles. The van der Waals surface area contributed by atoms with Gasteiger partial charge in [-0.3, -0.25) is 0 Å². The maximum atomic E-state index is 6.45. The van der Waals surface area contributed by atoms with Crippen LogP contribution in [0.25, 0.3) is 87.6 Å². The van der Waals surface area contributed by atoms with E-state index in [2.05, 4.69) is 158 Å². The van der Waals surface area contributed by atoms with Crippen LogP contribution in [0.3, 0.4) is 0 Å². The first-order chi connectivity index (χ1) is 21.3. The largest absolute Gasteiger partial charge is 0.455 e. The zero-order chi connectivity index (χ0) is 28.3. The van der Waals surface area contributed by atoms with Crippen LogP contribution in [0.4, 0.5) is 0 Å². The fraction of sp³-hybridized carbons (Fsp3) is 0. The lowest BCUT2D eigenvalue weighted by Crippen LogP contribution is -1.91. The zero-order valence-electron chi connectivity index (χ0n) is 23.4. The fourth-order valence-electron chi connectivity index (χ4n) is 6.87. The van der Waals surface area contributed by atoms with Gasteiger partial charge in [-0.25, -0.2) is 0 Å². The predicted octanol–water partition coefficient (Wildman–Crippen LogP) is 12.0. The van der Waals surface area contributed by atoms with Gasteiger partial charge in [0, 0.05) is 16.2 Å². The van der Waals surface area contributed by atoms with E-state index in [4.69, 9.17) is 4.42 Å². The van der Waals surface area contributed by atoms with Crippen molar-refractivity contribution in [2.24, 2.45) is 0 Å². The number of rotatable bonds is 3. The van der Waals surface area contributed by atoms with Crippen molar-refractivity contribution >= 4 is 54.3 Å². The van der Waals surface area contributed by atoms with Crippen molar-refractivity contribution in [1.29, 1.82) is 0 Å². The van der Waals surface area contributed by atoms with E-state index in [1.165, 1.54) is 60.3 Å². The summed E-state index contributed by atoms with van der Waals surface area (Å²) >= 11 is 0. The maximum Gasteiger partial charge on any atom is 0.143 e. The molecular weight excluding hydrogens is 520 g/mol. The molecule has 0 N–H and O–H groups in total. The maximum absolute atomic E-state index is 6.45. The third-order valence-corrected chi connectivity index (χ3v) is 8.86. The van der Waals surface area contributed by atoms with Gasteiger partial charge in [0.15, 0.2) is 0 Å². The van der Waals surface area contributed by atoms with Crippen molar-refractivity contribution in [3.8, 4) is 33.4 Å². The van der Waals surface area contributed by atoms with Crippen molar-refractivity contribution in [2.45, 2.75) is 0 Å². The summed E-state index contributed by atoms with van der Waals surface area (Å²) in [5.41, 5.74) is 9.28. The number of hydrogen-bond acceptors (Lipinski definition) is 1. The van der Waals surface area contributed by atoms with Crippen molar-refractivity contribution in [3.63, 3.8) is 0 Å². The highest BCUT2D eigenvalue weighted by Gasteiger charge is 2.18. The van der Waals surface area contributed by atoms with E-state index in [9.17, 15) is 0 Å². The molecule has 43 heavy (non-hydrogen) atoms. The van der Waals surface area contributed by atoms with Crippen molar-refractivity contribution in [3.05, 3.63) is 158 Å². The number of furan rings is 1. The molecule has 8 aromatic carbocycles. The summed E-state index contributed by atoms with van der Waals surface area (Å²) in [6.07, 6.45) is 0. The summed E-state index contributed by atoms with van der Waals surface area (Å²) in [6, 6.07) is 56.8. The lowest BCUT2D eigenvalue weighted by Gasteiger charge is -2.18. The zero-order valence-corrected chi connectivity index (χ0v) is 23.4. The lowest BCUT2D eigenvalue weighted by molar-refractivity contribution is 0.672. The molecule has 0 aliphatic heterocycles. The molecule has 0 radical (unpaired) electrons. The van der Waals surface area contributed by atoms with Crippen LogP contribution in [0, 0.1) is 0 Å². The molecule has 200 valence electrons. The van der Waals surface area contributed by atoms with E-state index in [1.807, 2.05) is 0 Å². The summed E-state index contributed by atoms with van der Waals surface area (Å²) in [7, 11) is 0. The van der Waals surface area contributed by atoms with Gasteiger partial charge >= 0.3 is 0 Å². The van der Waals surface area contributed by atoms with Gasteiger partial charge in [0.2, 0.25) is 0 Å². The fourth-order valence-corrected chi connectivity index (χ4v) is 6.87. The highest BCUT2D eigenvalue weighted by atomic mass is 16.3. The van der Waals surface area contributed by atoms with Crippen LogP contribution in [0.15, 0.2) is 162 Å². The summed E-state index contributed by atoms with van der Waals surface area (Å²) < 4.78 is 6.45. The highest BCUT2D eigenvalue weighted by Crippen LogP contribution is 2.45. The first kappa shape index (κ1) is 24.0. The van der Waals surface area contributed by atoms with Gasteiger partial charge in [0.05, 0.1) is 0 Å². The SMILES string of the molecule is c1ccc(-c2ccc(-c3c4ccccc4c(-c4ccc5oc6c7ccccc7ccc6c5c4)c4ccccc34)cc2)cc1. The van der Waals surface area contributed by atoms with Gasteiger partial charge in [-0.1, -0.05) is 140 Å². The molecule has 1 heteroatoms. The number of hydrogen-bond donors (Lipinski definition) is 0. The van der Waals surface area contributed by atoms with E-state index >= 15 is 0 Å². The molecule has 0 unspecified atom stereocenters. The van der Waals surface area contributed by atoms with Gasteiger partial charge in [-0.2, -0.15) is 0 Å². The third kappa shape index (κ3) is 3.72. The van der Waals surface area contributed by atoms with E-state index in [0.717, 1.165) is 27.3 Å². The Hall–Kier alpha value is -5.66. The van der Waals surface area contributed by atoms with E-state index in [0.29, 0.717) is 0 Å². The Kier molecular flexibility index (Phi) is 5.27. The summed E-state index contributed by atoms with van der Waals surface area (Å²) in [4.78, 5) is 0. The molecule has 1 aromatic heterocycles. The topological polar surface area (TPSA) is 13.1 Å². The molecule has 0 amide bonds. The lowest BCUT2D eigenvalue weighted by atomic mass is 9.85. The first-order valence-corrected chi connectivity index (χ1v) is 14.8. The molecule has 0 saturated carbocycles. The van der Waals surface area contributed by atoms with Crippen LogP contribution >= 0.6 is 0 Å². The van der Waals surface area contributed by atoms with Crippen molar-refractivity contribution in [2.75, 3.05) is 0 Å². The second-order valence-corrected chi connectivity index (χ2v) is 11.3. The third-order valence-electron chi connectivity index (χ3n) is 8.86. The Morgan fingerprint density at radius 1 is 0.302 bits per heavy atom. The minimum absolute atomic E-state index is 0.916. The quantitative estimate of drug-likeness (QED) is 0.201. The van der Waals surface area contributed by atoms with Crippen LogP contribution < -0.4 is 0 Å². The van der Waals surface area contributed by atoms with E-state index in [1.54, 1.807) is 0 Å². The minimum Gasteiger partial charge on any atom is -0.455 e. The normalized spacial score (nSPS) is 11.7. The van der Waals surface area contributed by atoms with Crippen LogP contribution in [0.2, 0.25) is 0 Å². The van der Waals surface area contributed by atoms with Gasteiger partial charge in [-0.05, 0) is 78.5 Å². The summed E-state index contributed by atoms with van der Waals surface area (Å²) in [5, 5.41) is 9.65. The molecule has 0 saturated heterocycles. The molecule has 0 spiro atoms. The second kappa shape index (κ2) is 9.44. The molecule has 1 nitrogen and oxygen atoms in total. The molecule has 1 heterocycles. The minimum atomic E-state index is 0.916. The predicted molar refractivity (Wildman–Crippen MR) is 183 cm³/mol. The first-order valence-electron chi connectivity index (χ1n) is 14.8. The highest BCUT2D eigenvalue weighted by molar-refractivity contribution is 6.22. The molecule has 0 bridgehead atoms. The average Bonchev–Trinajstić information content (AvgIpc) is 3.46. The van der Waals surface area contributed by atoms with Crippen molar-refractivity contribution in [1.82, 2.24) is 0 Å². The number of benzene rings is 8. The van der Waals surface area contributed by atoms with Crippen molar-refractivity contribution < 1.29 is 4.42 Å². The summed E-state index contributed by atoms with van der Waals surface area (Å²) in [5.74, 6) is 0. The molecule has 0 atom stereocenters. The Balaban J connectivity index is 1.29. The molecule has 9 aromatic rings. The van der Waals surface area contributed by atoms with Crippen LogP contribution in [0.1, 0.15) is 0 Å². The number of fused-ring (bicyclic) bond motifs is 7.